The highest BCUT2D eigenvalue weighted by Gasteiger charge is 2.09. The molecule has 0 heterocycles. The Hall–Kier alpha value is -2.43. The minimum atomic E-state index is -0.816. The Labute approximate surface area is 108 Å². The molecule has 0 N–H and O–H groups in total. The molecule has 0 saturated carbocycles. The standard InChI is InChI=1S/C14H10F2O3/c1-18-14(17)9-3-2-4-11(7-9)19-13-6-5-10(15)8-12(13)16/h2-8H,1H3. The Balaban J connectivity index is 2.26. The molecule has 0 aliphatic heterocycles. The van der Waals surface area contributed by atoms with Gasteiger partial charge in [-0.15, -0.1) is 0 Å². The molecule has 0 spiro atoms. The average Bonchev–Trinajstić information content (AvgIpc) is 2.41. The summed E-state index contributed by atoms with van der Waals surface area (Å²) in [6.45, 7) is 0. The first-order valence-corrected chi connectivity index (χ1v) is 5.41. The number of benzene rings is 2. The maximum Gasteiger partial charge on any atom is 0.337 e. The molecular formula is C14H10F2O3. The number of rotatable bonds is 3. The van der Waals surface area contributed by atoms with Crippen molar-refractivity contribution in [2.24, 2.45) is 0 Å². The van der Waals surface area contributed by atoms with Crippen molar-refractivity contribution in [3.8, 4) is 11.5 Å². The van der Waals surface area contributed by atoms with Crippen LogP contribution in [0.5, 0.6) is 11.5 Å². The molecule has 0 aromatic heterocycles. The van der Waals surface area contributed by atoms with Gasteiger partial charge >= 0.3 is 5.97 Å². The molecule has 0 unspecified atom stereocenters. The van der Waals surface area contributed by atoms with Gasteiger partial charge in [-0.05, 0) is 30.3 Å². The van der Waals surface area contributed by atoms with Crippen molar-refractivity contribution in [3.05, 3.63) is 59.7 Å². The van der Waals surface area contributed by atoms with Crippen LogP contribution in [0.3, 0.4) is 0 Å². The summed E-state index contributed by atoms with van der Waals surface area (Å²) in [7, 11) is 1.26. The molecule has 98 valence electrons. The molecule has 0 amide bonds. The summed E-state index contributed by atoms with van der Waals surface area (Å²) in [6, 6.07) is 9.06. The van der Waals surface area contributed by atoms with Crippen molar-refractivity contribution in [1.82, 2.24) is 0 Å². The maximum atomic E-state index is 13.4. The van der Waals surface area contributed by atoms with Crippen LogP contribution in [0.4, 0.5) is 8.78 Å². The van der Waals surface area contributed by atoms with Gasteiger partial charge in [0.15, 0.2) is 11.6 Å². The summed E-state index contributed by atoms with van der Waals surface area (Å²) in [5.74, 6) is -1.89. The molecule has 0 fully saturated rings. The van der Waals surface area contributed by atoms with Gasteiger partial charge in [-0.25, -0.2) is 13.6 Å². The summed E-state index contributed by atoms with van der Waals surface area (Å²) in [6.07, 6.45) is 0. The molecule has 2 rings (SSSR count). The van der Waals surface area contributed by atoms with Gasteiger partial charge in [0, 0.05) is 6.07 Å². The topological polar surface area (TPSA) is 35.5 Å². The van der Waals surface area contributed by atoms with Gasteiger partial charge in [0.2, 0.25) is 0 Å². The highest BCUT2D eigenvalue weighted by atomic mass is 19.1. The van der Waals surface area contributed by atoms with Gasteiger partial charge in [-0.2, -0.15) is 0 Å². The highest BCUT2D eigenvalue weighted by Crippen LogP contribution is 2.25. The van der Waals surface area contributed by atoms with E-state index in [2.05, 4.69) is 4.74 Å². The summed E-state index contributed by atoms with van der Waals surface area (Å²) in [5, 5.41) is 0. The second-order valence-corrected chi connectivity index (χ2v) is 3.70. The summed E-state index contributed by atoms with van der Waals surface area (Å²) < 4.78 is 36.0. The molecule has 0 aliphatic carbocycles. The second-order valence-electron chi connectivity index (χ2n) is 3.70. The predicted molar refractivity (Wildman–Crippen MR) is 64.2 cm³/mol. The van der Waals surface area contributed by atoms with Crippen molar-refractivity contribution >= 4 is 5.97 Å². The van der Waals surface area contributed by atoms with Crippen molar-refractivity contribution in [2.45, 2.75) is 0 Å². The fraction of sp³-hybridized carbons (Fsp3) is 0.0714. The minimum Gasteiger partial charge on any atom is -0.465 e. The first kappa shape index (κ1) is 13.0. The number of methoxy groups -OCH3 is 1. The lowest BCUT2D eigenvalue weighted by atomic mass is 10.2. The smallest absolute Gasteiger partial charge is 0.337 e. The van der Waals surface area contributed by atoms with Crippen molar-refractivity contribution in [1.29, 1.82) is 0 Å². The predicted octanol–water partition coefficient (Wildman–Crippen LogP) is 3.54. The zero-order valence-electron chi connectivity index (χ0n) is 10.0. The Morgan fingerprint density at radius 3 is 2.58 bits per heavy atom. The third kappa shape index (κ3) is 3.07. The first-order chi connectivity index (χ1) is 9.10. The molecule has 19 heavy (non-hydrogen) atoms. The van der Waals surface area contributed by atoms with Crippen LogP contribution in [0.15, 0.2) is 42.5 Å². The number of esters is 1. The minimum absolute atomic E-state index is 0.122. The second kappa shape index (κ2) is 5.48. The molecular weight excluding hydrogens is 254 g/mol. The van der Waals surface area contributed by atoms with E-state index in [4.69, 9.17) is 4.74 Å². The number of hydrogen-bond acceptors (Lipinski definition) is 3. The van der Waals surface area contributed by atoms with Crippen LogP contribution in [-0.4, -0.2) is 13.1 Å². The number of carbonyl (C=O) groups is 1. The number of ether oxygens (including phenoxy) is 2. The van der Waals surface area contributed by atoms with E-state index in [-0.39, 0.29) is 17.1 Å². The third-order valence-corrected chi connectivity index (χ3v) is 2.38. The molecule has 0 bridgehead atoms. The Morgan fingerprint density at radius 2 is 1.89 bits per heavy atom. The Bertz CT molecular complexity index is 611. The lowest BCUT2D eigenvalue weighted by molar-refractivity contribution is 0.0600. The van der Waals surface area contributed by atoms with Crippen LogP contribution in [-0.2, 0) is 4.74 Å². The van der Waals surface area contributed by atoms with Crippen molar-refractivity contribution in [3.63, 3.8) is 0 Å². The largest absolute Gasteiger partial charge is 0.465 e. The van der Waals surface area contributed by atoms with Crippen LogP contribution in [0.1, 0.15) is 10.4 Å². The summed E-state index contributed by atoms with van der Waals surface area (Å²) in [5.41, 5.74) is 0.280. The molecule has 0 saturated heterocycles. The Kier molecular flexibility index (Phi) is 3.75. The Morgan fingerprint density at radius 1 is 1.11 bits per heavy atom. The molecule has 0 atom stereocenters. The normalized spacial score (nSPS) is 10.1. The summed E-state index contributed by atoms with van der Waals surface area (Å²) in [4.78, 5) is 11.3. The van der Waals surface area contributed by atoms with Crippen LogP contribution < -0.4 is 4.74 Å². The molecule has 0 radical (unpaired) electrons. The van der Waals surface area contributed by atoms with Crippen molar-refractivity contribution < 1.29 is 23.0 Å². The molecule has 2 aromatic carbocycles. The highest BCUT2D eigenvalue weighted by molar-refractivity contribution is 5.89. The van der Waals surface area contributed by atoms with Crippen LogP contribution >= 0.6 is 0 Å². The van der Waals surface area contributed by atoms with E-state index in [9.17, 15) is 13.6 Å². The van der Waals surface area contributed by atoms with E-state index in [0.717, 1.165) is 12.1 Å². The zero-order valence-corrected chi connectivity index (χ0v) is 10.0. The van der Waals surface area contributed by atoms with E-state index in [0.29, 0.717) is 0 Å². The number of hydrogen-bond donors (Lipinski definition) is 0. The first-order valence-electron chi connectivity index (χ1n) is 5.41. The lowest BCUT2D eigenvalue weighted by Gasteiger charge is -2.07. The van der Waals surface area contributed by atoms with Gasteiger partial charge in [0.05, 0.1) is 12.7 Å². The van der Waals surface area contributed by atoms with Gasteiger partial charge < -0.3 is 9.47 Å². The van der Waals surface area contributed by atoms with E-state index < -0.39 is 17.6 Å². The fourth-order valence-corrected chi connectivity index (χ4v) is 1.49. The van der Waals surface area contributed by atoms with E-state index in [1.165, 1.54) is 19.2 Å². The van der Waals surface area contributed by atoms with Crippen LogP contribution in [0, 0.1) is 11.6 Å². The lowest BCUT2D eigenvalue weighted by Crippen LogP contribution is -2.01. The van der Waals surface area contributed by atoms with Gasteiger partial charge in [-0.1, -0.05) is 6.07 Å². The number of halogens is 2. The SMILES string of the molecule is COC(=O)c1cccc(Oc2ccc(F)cc2F)c1. The van der Waals surface area contributed by atoms with E-state index in [1.54, 1.807) is 18.2 Å². The van der Waals surface area contributed by atoms with Gasteiger partial charge in [0.1, 0.15) is 11.6 Å². The quantitative estimate of drug-likeness (QED) is 0.795. The molecule has 5 heteroatoms. The zero-order chi connectivity index (χ0) is 13.8. The monoisotopic (exact) mass is 264 g/mol. The fourth-order valence-electron chi connectivity index (χ4n) is 1.49. The molecule has 3 nitrogen and oxygen atoms in total. The number of carbonyl (C=O) groups excluding carboxylic acids is 1. The van der Waals surface area contributed by atoms with E-state index >= 15 is 0 Å². The average molecular weight is 264 g/mol. The van der Waals surface area contributed by atoms with Gasteiger partial charge in [0.25, 0.3) is 0 Å². The van der Waals surface area contributed by atoms with E-state index in [1.807, 2.05) is 0 Å². The van der Waals surface area contributed by atoms with Crippen molar-refractivity contribution in [2.75, 3.05) is 7.11 Å². The van der Waals surface area contributed by atoms with Crippen LogP contribution in [0.25, 0.3) is 0 Å². The molecule has 2 aromatic rings. The third-order valence-electron chi connectivity index (χ3n) is 2.38. The summed E-state index contributed by atoms with van der Waals surface area (Å²) >= 11 is 0. The molecule has 0 aliphatic rings. The van der Waals surface area contributed by atoms with Gasteiger partial charge in [-0.3, -0.25) is 0 Å². The van der Waals surface area contributed by atoms with Crippen LogP contribution in [0.2, 0.25) is 0 Å². The maximum absolute atomic E-state index is 13.4.